The van der Waals surface area contributed by atoms with E-state index in [1.54, 1.807) is 19.1 Å². The van der Waals surface area contributed by atoms with E-state index in [-0.39, 0.29) is 16.6 Å². The summed E-state index contributed by atoms with van der Waals surface area (Å²) in [7, 11) is -2.43. The van der Waals surface area contributed by atoms with Crippen LogP contribution < -0.4 is 14.8 Å². The van der Waals surface area contributed by atoms with Crippen molar-refractivity contribution in [1.29, 1.82) is 0 Å². The summed E-state index contributed by atoms with van der Waals surface area (Å²) in [5.41, 5.74) is 0.793. The van der Waals surface area contributed by atoms with E-state index < -0.39 is 16.1 Å². The molecule has 124 valence electrons. The number of methoxy groups -OCH3 is 1. The van der Waals surface area contributed by atoms with Crippen molar-refractivity contribution < 1.29 is 17.9 Å². The zero-order valence-electron chi connectivity index (χ0n) is 13.5. The van der Waals surface area contributed by atoms with Crippen LogP contribution >= 0.6 is 0 Å². The van der Waals surface area contributed by atoms with Crippen LogP contribution in [0.1, 0.15) is 32.3 Å². The monoisotopic (exact) mass is 328 g/mol. The van der Waals surface area contributed by atoms with Crippen LogP contribution in [0.4, 0.5) is 0 Å². The predicted octanol–water partition coefficient (Wildman–Crippen LogP) is 1.59. The molecular weight excluding hydrogens is 304 g/mol. The summed E-state index contributed by atoms with van der Waals surface area (Å²) < 4.78 is 32.3. The molecule has 22 heavy (non-hydrogen) atoms. The topological polar surface area (TPSA) is 84.5 Å². The number of hydrogen-bond acceptors (Lipinski definition) is 4. The maximum Gasteiger partial charge on any atom is 0.244 e. The van der Waals surface area contributed by atoms with Crippen molar-refractivity contribution in [2.75, 3.05) is 13.7 Å². The lowest BCUT2D eigenvalue weighted by atomic mass is 10.2. The fourth-order valence-corrected chi connectivity index (χ4v) is 3.34. The number of sulfonamides is 1. The van der Waals surface area contributed by atoms with Gasteiger partial charge in [-0.1, -0.05) is 19.4 Å². The molecular formula is C15H24N2O4S. The van der Waals surface area contributed by atoms with Gasteiger partial charge in [0, 0.05) is 6.54 Å². The highest BCUT2D eigenvalue weighted by molar-refractivity contribution is 7.89. The Bertz CT molecular complexity index is 614. The summed E-state index contributed by atoms with van der Waals surface area (Å²) >= 11 is 0. The number of ether oxygens (including phenoxy) is 1. The van der Waals surface area contributed by atoms with Gasteiger partial charge in [0.05, 0.1) is 13.2 Å². The van der Waals surface area contributed by atoms with E-state index in [1.165, 1.54) is 20.1 Å². The fraction of sp³-hybridized carbons (Fsp3) is 0.533. The van der Waals surface area contributed by atoms with Crippen LogP contribution in [-0.2, 0) is 14.8 Å². The van der Waals surface area contributed by atoms with Crippen LogP contribution in [0.3, 0.4) is 0 Å². The third-order valence-corrected chi connectivity index (χ3v) is 4.73. The van der Waals surface area contributed by atoms with Gasteiger partial charge < -0.3 is 10.1 Å². The van der Waals surface area contributed by atoms with Crippen molar-refractivity contribution in [2.24, 2.45) is 0 Å². The van der Waals surface area contributed by atoms with Gasteiger partial charge in [0.1, 0.15) is 10.6 Å². The molecule has 0 aliphatic carbocycles. The molecule has 0 aromatic heterocycles. The second-order valence-corrected chi connectivity index (χ2v) is 6.82. The van der Waals surface area contributed by atoms with Crippen LogP contribution in [0.5, 0.6) is 5.75 Å². The molecule has 1 aromatic rings. The molecule has 7 heteroatoms. The summed E-state index contributed by atoms with van der Waals surface area (Å²) in [6.07, 6.45) is 1.82. The molecule has 1 aromatic carbocycles. The average molecular weight is 328 g/mol. The van der Waals surface area contributed by atoms with E-state index >= 15 is 0 Å². The summed E-state index contributed by atoms with van der Waals surface area (Å²) in [6, 6.07) is 4.02. The van der Waals surface area contributed by atoms with Crippen LogP contribution in [-0.4, -0.2) is 34.0 Å². The number of aryl methyl sites for hydroxylation is 1. The Morgan fingerprint density at radius 2 is 2.05 bits per heavy atom. The van der Waals surface area contributed by atoms with Crippen LogP contribution in [0, 0.1) is 6.92 Å². The maximum atomic E-state index is 12.4. The summed E-state index contributed by atoms with van der Waals surface area (Å²) in [5, 5.41) is 2.70. The number of rotatable bonds is 8. The molecule has 0 saturated carbocycles. The molecule has 0 bridgehead atoms. The Morgan fingerprint density at radius 3 is 2.64 bits per heavy atom. The Labute approximate surface area is 132 Å². The standard InChI is InChI=1S/C15H24N2O4S/c1-5-6-9-16-15(18)12(3)17-22(19,20)14-10-11(2)7-8-13(14)21-4/h7-8,10,12,17H,5-6,9H2,1-4H3,(H,16,18)/t12-/m1/s1. The summed E-state index contributed by atoms with van der Waals surface area (Å²) in [5.74, 6) is -0.0969. The van der Waals surface area contributed by atoms with Gasteiger partial charge in [-0.05, 0) is 38.0 Å². The first kappa shape index (κ1) is 18.4. The van der Waals surface area contributed by atoms with Crippen molar-refractivity contribution >= 4 is 15.9 Å². The molecule has 0 spiro atoms. The number of amides is 1. The van der Waals surface area contributed by atoms with Crippen molar-refractivity contribution in [3.8, 4) is 5.75 Å². The Hall–Kier alpha value is -1.60. The van der Waals surface area contributed by atoms with Crippen molar-refractivity contribution in [2.45, 2.75) is 44.6 Å². The number of hydrogen-bond donors (Lipinski definition) is 2. The van der Waals surface area contributed by atoms with Gasteiger partial charge in [0.2, 0.25) is 15.9 Å². The highest BCUT2D eigenvalue weighted by Crippen LogP contribution is 2.24. The van der Waals surface area contributed by atoms with E-state index in [0.29, 0.717) is 6.54 Å². The van der Waals surface area contributed by atoms with Crippen molar-refractivity contribution in [1.82, 2.24) is 10.0 Å². The molecule has 1 rings (SSSR count). The van der Waals surface area contributed by atoms with E-state index in [9.17, 15) is 13.2 Å². The van der Waals surface area contributed by atoms with Crippen LogP contribution in [0.2, 0.25) is 0 Å². The SMILES string of the molecule is CCCCNC(=O)[C@@H](C)NS(=O)(=O)c1cc(C)ccc1OC. The highest BCUT2D eigenvalue weighted by atomic mass is 32.2. The Kier molecular flexibility index (Phi) is 6.83. The first-order valence-corrected chi connectivity index (χ1v) is 8.74. The fourth-order valence-electron chi connectivity index (χ4n) is 1.89. The van der Waals surface area contributed by atoms with Gasteiger partial charge in [0.25, 0.3) is 0 Å². The van der Waals surface area contributed by atoms with Gasteiger partial charge in [-0.2, -0.15) is 4.72 Å². The van der Waals surface area contributed by atoms with Gasteiger partial charge in [0.15, 0.2) is 0 Å². The second kappa shape index (κ2) is 8.14. The van der Waals surface area contributed by atoms with Crippen molar-refractivity contribution in [3.63, 3.8) is 0 Å². The molecule has 2 N–H and O–H groups in total. The van der Waals surface area contributed by atoms with Gasteiger partial charge in [-0.15, -0.1) is 0 Å². The molecule has 1 amide bonds. The molecule has 0 heterocycles. The second-order valence-electron chi connectivity index (χ2n) is 5.14. The van der Waals surface area contributed by atoms with Crippen molar-refractivity contribution in [3.05, 3.63) is 23.8 Å². The van der Waals surface area contributed by atoms with Gasteiger partial charge in [-0.25, -0.2) is 8.42 Å². The summed E-state index contributed by atoms with van der Waals surface area (Å²) in [6.45, 7) is 5.86. The largest absolute Gasteiger partial charge is 0.495 e. The maximum absolute atomic E-state index is 12.4. The van der Waals surface area contributed by atoms with Gasteiger partial charge in [-0.3, -0.25) is 4.79 Å². The minimum absolute atomic E-state index is 0.0307. The first-order valence-electron chi connectivity index (χ1n) is 7.26. The Morgan fingerprint density at radius 1 is 1.36 bits per heavy atom. The highest BCUT2D eigenvalue weighted by Gasteiger charge is 2.24. The average Bonchev–Trinajstić information content (AvgIpc) is 2.46. The summed E-state index contributed by atoms with van der Waals surface area (Å²) in [4.78, 5) is 11.9. The van der Waals surface area contributed by atoms with Gasteiger partial charge >= 0.3 is 0 Å². The number of benzene rings is 1. The quantitative estimate of drug-likeness (QED) is 0.710. The number of carbonyl (C=O) groups is 1. The molecule has 0 unspecified atom stereocenters. The normalized spacial score (nSPS) is 12.7. The lowest BCUT2D eigenvalue weighted by Crippen LogP contribution is -2.45. The molecule has 0 fully saturated rings. The van der Waals surface area contributed by atoms with E-state index in [1.807, 2.05) is 6.92 Å². The van der Waals surface area contributed by atoms with Crippen LogP contribution in [0.25, 0.3) is 0 Å². The lowest BCUT2D eigenvalue weighted by Gasteiger charge is -2.16. The van der Waals surface area contributed by atoms with E-state index in [4.69, 9.17) is 4.74 Å². The van der Waals surface area contributed by atoms with E-state index in [2.05, 4.69) is 10.0 Å². The molecule has 0 radical (unpaired) electrons. The third-order valence-electron chi connectivity index (χ3n) is 3.16. The van der Waals surface area contributed by atoms with E-state index in [0.717, 1.165) is 18.4 Å². The molecule has 1 atom stereocenters. The number of carbonyl (C=O) groups excluding carboxylic acids is 1. The minimum atomic E-state index is -3.84. The zero-order valence-corrected chi connectivity index (χ0v) is 14.3. The lowest BCUT2D eigenvalue weighted by molar-refractivity contribution is -0.122. The molecule has 6 nitrogen and oxygen atoms in total. The third kappa shape index (κ3) is 4.99. The molecule has 0 saturated heterocycles. The zero-order chi connectivity index (χ0) is 16.8. The molecule has 0 aliphatic rings. The smallest absolute Gasteiger partial charge is 0.244 e. The predicted molar refractivity (Wildman–Crippen MR) is 85.4 cm³/mol. The Balaban J connectivity index is 2.87. The van der Waals surface area contributed by atoms with Crippen LogP contribution in [0.15, 0.2) is 23.1 Å². The molecule has 0 aliphatic heterocycles. The first-order chi connectivity index (χ1) is 10.3. The number of unbranched alkanes of at least 4 members (excludes halogenated alkanes) is 1. The number of nitrogens with one attached hydrogen (secondary N) is 2. The minimum Gasteiger partial charge on any atom is -0.495 e.